The van der Waals surface area contributed by atoms with Crippen LogP contribution in [-0.4, -0.2) is 9.38 Å². The van der Waals surface area contributed by atoms with Crippen LogP contribution in [0.2, 0.25) is 0 Å². The quantitative estimate of drug-likeness (QED) is 0.0902. The van der Waals surface area contributed by atoms with Crippen molar-refractivity contribution in [1.82, 2.24) is 9.38 Å². The van der Waals surface area contributed by atoms with Gasteiger partial charge in [-0.2, -0.15) is 0 Å². The number of hydrogen-bond acceptors (Lipinski definition) is 4. The molecule has 4 nitrogen and oxygen atoms in total. The van der Waals surface area contributed by atoms with Gasteiger partial charge in [-0.25, -0.2) is 4.98 Å². The van der Waals surface area contributed by atoms with Crippen molar-refractivity contribution in [3.63, 3.8) is 0 Å². The Balaban J connectivity index is 1.22. The lowest BCUT2D eigenvalue weighted by atomic mass is 10.00. The van der Waals surface area contributed by atoms with Gasteiger partial charge in [0.1, 0.15) is 11.2 Å². The minimum absolute atomic E-state index is 0.814. The summed E-state index contributed by atoms with van der Waals surface area (Å²) in [5, 5.41) is 2.14. The second-order valence-corrected chi connectivity index (χ2v) is 17.5. The zero-order valence-electron chi connectivity index (χ0n) is 36.9. The van der Waals surface area contributed by atoms with E-state index >= 15 is 0 Å². The number of aromatic nitrogens is 2. The first-order valence-electron chi connectivity index (χ1n) is 22.6. The summed E-state index contributed by atoms with van der Waals surface area (Å²) in [6.07, 6.45) is 20.5. The Morgan fingerprint density at radius 2 is 1.18 bits per heavy atom. The second-order valence-electron chi connectivity index (χ2n) is 16.4. The van der Waals surface area contributed by atoms with E-state index in [1.807, 2.05) is 12.1 Å². The molecule has 0 saturated heterocycles. The molecule has 0 unspecified atom stereocenters. The maximum Gasteiger partial charge on any atom is 0.138 e. The van der Waals surface area contributed by atoms with E-state index < -0.39 is 0 Å². The largest absolute Gasteiger partial charge is 0.308 e. The fourth-order valence-electron chi connectivity index (χ4n) is 9.09. The predicted molar refractivity (Wildman–Crippen MR) is 286 cm³/mol. The highest BCUT2D eigenvalue weighted by Gasteiger charge is 2.29. The van der Waals surface area contributed by atoms with Crippen molar-refractivity contribution >= 4 is 73.2 Å². The van der Waals surface area contributed by atoms with Crippen LogP contribution in [-0.2, 0) is 0 Å². The SMILES string of the molecule is C=C/C(=C\C=C\c1ccccc1)N(c1ccccc1)c1c2ccccc2c(N(C2=CC=C(c3ccccc3)CC=C2)c2ccccc2)c2nc3ccc(-c4ccc(-c5ccccc5)s4)cn3c12. The van der Waals surface area contributed by atoms with E-state index in [2.05, 4.69) is 264 Å². The fourth-order valence-corrected chi connectivity index (χ4v) is 10.1. The van der Waals surface area contributed by atoms with Crippen LogP contribution >= 0.6 is 11.3 Å². The molecule has 0 radical (unpaired) electrons. The number of pyridine rings is 1. The number of allylic oxidation sites excluding steroid dienone is 8. The van der Waals surface area contributed by atoms with E-state index in [1.165, 1.54) is 26.5 Å². The summed E-state index contributed by atoms with van der Waals surface area (Å²) in [4.78, 5) is 12.8. The van der Waals surface area contributed by atoms with Crippen LogP contribution in [0.4, 0.5) is 22.7 Å². The molecule has 0 fully saturated rings. The summed E-state index contributed by atoms with van der Waals surface area (Å²) >= 11 is 1.80. The van der Waals surface area contributed by atoms with Gasteiger partial charge in [-0.1, -0.05) is 183 Å². The molecule has 0 bridgehead atoms. The number of para-hydroxylation sites is 2. The molecule has 7 aromatic carbocycles. The Hall–Kier alpha value is -8.51. The van der Waals surface area contributed by atoms with Crippen molar-refractivity contribution in [3.8, 4) is 20.9 Å². The number of nitrogens with zero attached hydrogens (tertiary/aromatic N) is 4. The first-order chi connectivity index (χ1) is 33.2. The maximum absolute atomic E-state index is 5.68. The van der Waals surface area contributed by atoms with Gasteiger partial charge in [-0.3, -0.25) is 4.40 Å². The van der Waals surface area contributed by atoms with Gasteiger partial charge < -0.3 is 9.80 Å². The van der Waals surface area contributed by atoms with E-state index in [9.17, 15) is 0 Å². The first kappa shape index (κ1) is 41.2. The molecule has 11 rings (SSSR count). The highest BCUT2D eigenvalue weighted by atomic mass is 32.1. The van der Waals surface area contributed by atoms with Gasteiger partial charge in [-0.05, 0) is 102 Å². The third-order valence-corrected chi connectivity index (χ3v) is 13.4. The molecule has 1 aliphatic rings. The van der Waals surface area contributed by atoms with Crippen molar-refractivity contribution in [2.75, 3.05) is 9.80 Å². The van der Waals surface area contributed by atoms with Crippen molar-refractivity contribution in [3.05, 3.63) is 278 Å². The highest BCUT2D eigenvalue weighted by molar-refractivity contribution is 7.18. The smallest absolute Gasteiger partial charge is 0.138 e. The molecule has 320 valence electrons. The summed E-state index contributed by atoms with van der Waals surface area (Å²) < 4.78 is 2.31. The van der Waals surface area contributed by atoms with E-state index in [1.54, 1.807) is 11.3 Å². The lowest BCUT2D eigenvalue weighted by Crippen LogP contribution is -2.19. The Morgan fingerprint density at radius 3 is 1.87 bits per heavy atom. The van der Waals surface area contributed by atoms with Gasteiger partial charge in [0.05, 0.1) is 16.9 Å². The molecular weight excluding hydrogens is 833 g/mol. The predicted octanol–water partition coefficient (Wildman–Crippen LogP) is 17.0. The highest BCUT2D eigenvalue weighted by Crippen LogP contribution is 2.50. The first-order valence-corrected chi connectivity index (χ1v) is 23.4. The van der Waals surface area contributed by atoms with Crippen LogP contribution in [0.5, 0.6) is 0 Å². The topological polar surface area (TPSA) is 23.8 Å². The molecular formula is C62H46N4S. The summed E-state index contributed by atoms with van der Waals surface area (Å²) in [6, 6.07) is 70.6. The van der Waals surface area contributed by atoms with Crippen LogP contribution in [0.1, 0.15) is 17.5 Å². The maximum atomic E-state index is 5.68. The Bertz CT molecular complexity index is 3540. The molecule has 0 saturated carbocycles. The minimum atomic E-state index is 0.814. The summed E-state index contributed by atoms with van der Waals surface area (Å²) in [7, 11) is 0. The molecule has 1 aliphatic carbocycles. The number of anilines is 4. The molecule has 0 N–H and O–H groups in total. The summed E-state index contributed by atoms with van der Waals surface area (Å²) in [5.41, 5.74) is 14.6. The molecule has 0 spiro atoms. The lowest BCUT2D eigenvalue weighted by molar-refractivity contribution is 1.19. The number of benzene rings is 7. The van der Waals surface area contributed by atoms with Gasteiger partial charge in [0, 0.05) is 55.1 Å². The van der Waals surface area contributed by atoms with Gasteiger partial charge in [0.25, 0.3) is 0 Å². The molecule has 0 amide bonds. The van der Waals surface area contributed by atoms with Gasteiger partial charge >= 0.3 is 0 Å². The molecule has 0 aliphatic heterocycles. The molecule has 3 aromatic heterocycles. The number of rotatable bonds is 12. The molecule has 10 aromatic rings. The van der Waals surface area contributed by atoms with Crippen molar-refractivity contribution < 1.29 is 0 Å². The van der Waals surface area contributed by atoms with Gasteiger partial charge in [-0.15, -0.1) is 11.3 Å². The number of hydrogen-bond donors (Lipinski definition) is 0. The summed E-state index contributed by atoms with van der Waals surface area (Å²) in [5.74, 6) is 0. The molecule has 5 heteroatoms. The summed E-state index contributed by atoms with van der Waals surface area (Å²) in [6.45, 7) is 4.44. The van der Waals surface area contributed by atoms with Gasteiger partial charge in [0.2, 0.25) is 0 Å². The van der Waals surface area contributed by atoms with E-state index in [-0.39, 0.29) is 0 Å². The average Bonchev–Trinajstić information content (AvgIpc) is 3.97. The third kappa shape index (κ3) is 8.14. The van der Waals surface area contributed by atoms with Crippen molar-refractivity contribution in [1.29, 1.82) is 0 Å². The van der Waals surface area contributed by atoms with E-state index in [0.29, 0.717) is 0 Å². The lowest BCUT2D eigenvalue weighted by Gasteiger charge is -2.32. The standard InChI is InChI=1S/C62H46N4S/c1-2-50(34-20-24-45-22-8-3-9-23-45)65(51-30-14-6-15-31-51)61-55-37-19-18-36-54(55)60(66(52-32-16-7-17-33-52)53-35-21-29-47(38-40-53)46-25-10-4-11-26-46)59-62(61)64-44-49(39-43-58(64)63-59)57-42-41-56(67-57)48-27-12-5-13-28-48/h2-28,30-44H,1,29H2/b24-20+,50-34+. The van der Waals surface area contributed by atoms with Crippen molar-refractivity contribution in [2.45, 2.75) is 6.42 Å². The number of thiophene rings is 1. The van der Waals surface area contributed by atoms with Crippen LogP contribution in [0.25, 0.3) is 60.0 Å². The monoisotopic (exact) mass is 878 g/mol. The number of imidazole rings is 1. The van der Waals surface area contributed by atoms with Crippen LogP contribution in [0.15, 0.2) is 267 Å². The van der Waals surface area contributed by atoms with Crippen LogP contribution < -0.4 is 9.80 Å². The number of fused-ring (bicyclic) bond motifs is 4. The molecule has 0 atom stereocenters. The van der Waals surface area contributed by atoms with Gasteiger partial charge in [0.15, 0.2) is 0 Å². The van der Waals surface area contributed by atoms with Crippen molar-refractivity contribution in [2.24, 2.45) is 0 Å². The zero-order chi connectivity index (χ0) is 44.9. The normalized spacial score (nSPS) is 12.9. The average molecular weight is 879 g/mol. The van der Waals surface area contributed by atoms with E-state index in [0.717, 1.165) is 79.1 Å². The minimum Gasteiger partial charge on any atom is -0.308 e. The third-order valence-electron chi connectivity index (χ3n) is 12.2. The van der Waals surface area contributed by atoms with Crippen LogP contribution in [0, 0.1) is 0 Å². The van der Waals surface area contributed by atoms with E-state index in [4.69, 9.17) is 4.98 Å². The Morgan fingerprint density at radius 1 is 0.582 bits per heavy atom. The van der Waals surface area contributed by atoms with Crippen LogP contribution in [0.3, 0.4) is 0 Å². The molecule has 3 heterocycles. The fraction of sp³-hybridized carbons (Fsp3) is 0.0161. The zero-order valence-corrected chi connectivity index (χ0v) is 37.7. The Kier molecular flexibility index (Phi) is 11.4. The second kappa shape index (κ2) is 18.5. The molecule has 67 heavy (non-hydrogen) atoms. The Labute approximate surface area is 395 Å².